The van der Waals surface area contributed by atoms with Gasteiger partial charge in [0.2, 0.25) is 0 Å². The van der Waals surface area contributed by atoms with Gasteiger partial charge in [0, 0.05) is 26.2 Å². The van der Waals surface area contributed by atoms with Gasteiger partial charge in [0.15, 0.2) is 16.2 Å². The van der Waals surface area contributed by atoms with Crippen LogP contribution in [0.2, 0.25) is 20.1 Å². The standard InChI is InChI=1S/C19H12Cl4O5S/c20-11-5-6-15(22)13(9-11)19(29(26,27)28,12-3-1-2-4-14(12)21)10-7-16(23)18(25)17(24)8-10/h1-9,24-25H,(H,26,27,28). The van der Waals surface area contributed by atoms with E-state index in [2.05, 4.69) is 0 Å². The Hall–Kier alpha value is -1.67. The van der Waals surface area contributed by atoms with Crippen LogP contribution in [-0.4, -0.2) is 23.2 Å². The van der Waals surface area contributed by atoms with Crippen molar-refractivity contribution in [2.24, 2.45) is 0 Å². The van der Waals surface area contributed by atoms with Gasteiger partial charge in [0.05, 0.1) is 5.02 Å². The topological polar surface area (TPSA) is 94.8 Å². The molecule has 0 bridgehead atoms. The van der Waals surface area contributed by atoms with Crippen LogP contribution in [-0.2, 0) is 14.9 Å². The molecule has 0 saturated carbocycles. The van der Waals surface area contributed by atoms with E-state index >= 15 is 0 Å². The van der Waals surface area contributed by atoms with E-state index in [0.29, 0.717) is 0 Å². The minimum Gasteiger partial charge on any atom is -0.504 e. The van der Waals surface area contributed by atoms with Gasteiger partial charge < -0.3 is 10.2 Å². The molecule has 0 heterocycles. The SMILES string of the molecule is O=S(=O)(O)C(c1cc(O)c(O)c(Cl)c1)(c1ccccc1Cl)c1cc(Cl)ccc1Cl. The van der Waals surface area contributed by atoms with Gasteiger partial charge in [0.1, 0.15) is 0 Å². The van der Waals surface area contributed by atoms with Crippen LogP contribution in [0.4, 0.5) is 0 Å². The molecule has 0 saturated heterocycles. The molecule has 0 aliphatic heterocycles. The van der Waals surface area contributed by atoms with Gasteiger partial charge in [-0.3, -0.25) is 4.55 Å². The van der Waals surface area contributed by atoms with Gasteiger partial charge in [-0.05, 0) is 42.0 Å². The van der Waals surface area contributed by atoms with Crippen molar-refractivity contribution >= 4 is 56.5 Å². The van der Waals surface area contributed by atoms with Crippen LogP contribution in [0, 0.1) is 0 Å². The molecule has 0 aliphatic rings. The number of phenolic OH excluding ortho intramolecular Hbond substituents is 2. The minimum absolute atomic E-state index is 0.00939. The van der Waals surface area contributed by atoms with E-state index in [1.165, 1.54) is 36.4 Å². The maximum absolute atomic E-state index is 13.0. The van der Waals surface area contributed by atoms with E-state index in [-0.39, 0.29) is 36.8 Å². The molecule has 0 spiro atoms. The lowest BCUT2D eigenvalue weighted by atomic mass is 9.83. The Morgan fingerprint density at radius 2 is 1.38 bits per heavy atom. The Kier molecular flexibility index (Phi) is 5.98. The molecule has 3 rings (SSSR count). The van der Waals surface area contributed by atoms with Crippen LogP contribution in [0.15, 0.2) is 54.6 Å². The number of phenols is 2. The van der Waals surface area contributed by atoms with E-state index < -0.39 is 26.4 Å². The first-order chi connectivity index (χ1) is 13.5. The summed E-state index contributed by atoms with van der Waals surface area (Å²) in [6.07, 6.45) is 0. The van der Waals surface area contributed by atoms with Gasteiger partial charge in [0.25, 0.3) is 10.1 Å². The van der Waals surface area contributed by atoms with Crippen molar-refractivity contribution in [2.45, 2.75) is 4.75 Å². The molecular weight excluding hydrogens is 482 g/mol. The number of halogens is 4. The summed E-state index contributed by atoms with van der Waals surface area (Å²) in [6, 6.07) is 12.0. The summed E-state index contributed by atoms with van der Waals surface area (Å²) in [4.78, 5) is 0. The first-order valence-corrected chi connectivity index (χ1v) is 10.8. The highest BCUT2D eigenvalue weighted by molar-refractivity contribution is 7.87. The van der Waals surface area contributed by atoms with Crippen LogP contribution in [0.3, 0.4) is 0 Å². The molecule has 3 aromatic rings. The van der Waals surface area contributed by atoms with Gasteiger partial charge in [-0.1, -0.05) is 64.6 Å². The monoisotopic (exact) mass is 492 g/mol. The molecule has 3 N–H and O–H groups in total. The number of rotatable bonds is 4. The van der Waals surface area contributed by atoms with E-state index in [0.717, 1.165) is 12.1 Å². The van der Waals surface area contributed by atoms with Crippen molar-refractivity contribution in [3.8, 4) is 11.5 Å². The van der Waals surface area contributed by atoms with Crippen molar-refractivity contribution in [3.05, 3.63) is 91.4 Å². The average molecular weight is 494 g/mol. The second-order valence-corrected chi connectivity index (χ2v) is 9.31. The second-order valence-electron chi connectivity index (χ2n) is 6.09. The first kappa shape index (κ1) is 22.0. The van der Waals surface area contributed by atoms with Crippen LogP contribution in [0.1, 0.15) is 16.7 Å². The highest BCUT2D eigenvalue weighted by atomic mass is 35.5. The lowest BCUT2D eigenvalue weighted by molar-refractivity contribution is 0.402. The molecule has 5 nitrogen and oxygen atoms in total. The Labute approximate surface area is 186 Å². The number of hydrogen-bond acceptors (Lipinski definition) is 4. The lowest BCUT2D eigenvalue weighted by Gasteiger charge is -2.34. The van der Waals surface area contributed by atoms with E-state index in [1.807, 2.05) is 0 Å². The third kappa shape index (κ3) is 3.65. The Morgan fingerprint density at radius 3 is 1.97 bits per heavy atom. The summed E-state index contributed by atoms with van der Waals surface area (Å²) in [6.45, 7) is 0. The third-order valence-electron chi connectivity index (χ3n) is 4.40. The molecule has 0 aromatic heterocycles. The average Bonchev–Trinajstić information content (AvgIpc) is 2.63. The molecule has 0 aliphatic carbocycles. The number of aromatic hydroxyl groups is 2. The maximum Gasteiger partial charge on any atom is 0.283 e. The van der Waals surface area contributed by atoms with Gasteiger partial charge >= 0.3 is 0 Å². The highest BCUT2D eigenvalue weighted by Gasteiger charge is 2.51. The fourth-order valence-electron chi connectivity index (χ4n) is 3.18. The maximum atomic E-state index is 13.0. The fourth-order valence-corrected chi connectivity index (χ4v) is 5.54. The van der Waals surface area contributed by atoms with E-state index in [4.69, 9.17) is 46.4 Å². The number of benzene rings is 3. The quantitative estimate of drug-likeness (QED) is 0.239. The summed E-state index contributed by atoms with van der Waals surface area (Å²) in [5.74, 6) is -1.36. The molecule has 1 atom stereocenters. The molecule has 10 heteroatoms. The predicted octanol–water partition coefficient (Wildman–Crippen LogP) is 5.89. The van der Waals surface area contributed by atoms with Crippen molar-refractivity contribution in [2.75, 3.05) is 0 Å². The summed E-state index contributed by atoms with van der Waals surface area (Å²) < 4.78 is 34.1. The predicted molar refractivity (Wildman–Crippen MR) is 114 cm³/mol. The van der Waals surface area contributed by atoms with Crippen LogP contribution in [0.5, 0.6) is 11.5 Å². The number of hydrogen-bond donors (Lipinski definition) is 3. The lowest BCUT2D eigenvalue weighted by Crippen LogP contribution is -2.39. The van der Waals surface area contributed by atoms with Crippen molar-refractivity contribution in [3.63, 3.8) is 0 Å². The molecule has 0 amide bonds. The van der Waals surface area contributed by atoms with Gasteiger partial charge in [-0.15, -0.1) is 0 Å². The van der Waals surface area contributed by atoms with Gasteiger partial charge in [-0.2, -0.15) is 8.42 Å². The first-order valence-electron chi connectivity index (χ1n) is 7.89. The summed E-state index contributed by atoms with van der Waals surface area (Å²) in [5, 5.41) is 19.7. The van der Waals surface area contributed by atoms with E-state index in [9.17, 15) is 23.2 Å². The van der Waals surface area contributed by atoms with Crippen molar-refractivity contribution < 1.29 is 23.2 Å². The van der Waals surface area contributed by atoms with Crippen molar-refractivity contribution in [1.82, 2.24) is 0 Å². The van der Waals surface area contributed by atoms with E-state index in [1.54, 1.807) is 6.07 Å². The summed E-state index contributed by atoms with van der Waals surface area (Å²) in [5.41, 5.74) is -0.393. The molecule has 0 radical (unpaired) electrons. The Bertz CT molecular complexity index is 1190. The normalized spacial score (nSPS) is 13.8. The van der Waals surface area contributed by atoms with Crippen LogP contribution >= 0.6 is 46.4 Å². The third-order valence-corrected chi connectivity index (χ3v) is 7.03. The van der Waals surface area contributed by atoms with Crippen LogP contribution in [0.25, 0.3) is 0 Å². The molecule has 1 unspecified atom stereocenters. The summed E-state index contributed by atoms with van der Waals surface area (Å²) in [7, 11) is -5.07. The molecular formula is C19H12Cl4O5S. The zero-order valence-corrected chi connectivity index (χ0v) is 18.1. The molecule has 152 valence electrons. The summed E-state index contributed by atoms with van der Waals surface area (Å²) >= 11 is 24.7. The Morgan fingerprint density at radius 1 is 0.759 bits per heavy atom. The Balaban J connectivity index is 2.63. The minimum atomic E-state index is -5.07. The van der Waals surface area contributed by atoms with Gasteiger partial charge in [-0.25, -0.2) is 0 Å². The second kappa shape index (κ2) is 7.87. The molecule has 0 fully saturated rings. The fraction of sp³-hybridized carbons (Fsp3) is 0.0526. The van der Waals surface area contributed by atoms with Crippen LogP contribution < -0.4 is 0 Å². The molecule has 3 aromatic carbocycles. The largest absolute Gasteiger partial charge is 0.504 e. The van der Waals surface area contributed by atoms with Crippen molar-refractivity contribution in [1.29, 1.82) is 0 Å². The zero-order chi connectivity index (χ0) is 21.6. The smallest absolute Gasteiger partial charge is 0.283 e. The highest BCUT2D eigenvalue weighted by Crippen LogP contribution is 2.51. The zero-order valence-electron chi connectivity index (χ0n) is 14.3. The molecule has 29 heavy (non-hydrogen) atoms.